The summed E-state index contributed by atoms with van der Waals surface area (Å²) in [5, 5.41) is 19.5. The molecule has 21 heavy (non-hydrogen) atoms. The highest BCUT2D eigenvalue weighted by Crippen LogP contribution is 2.16. The second-order valence-electron chi connectivity index (χ2n) is 5.92. The number of carboxylic acid groups (broad SMARTS) is 1. The first-order valence-electron chi connectivity index (χ1n) is 8.37. The number of nitrogens with zero attached hydrogens (tertiary/aromatic N) is 1. The summed E-state index contributed by atoms with van der Waals surface area (Å²) in [7, 11) is 0. The fourth-order valence-corrected chi connectivity index (χ4v) is 2.70. The number of carboxylic acids is 1. The number of aliphatic hydroxyl groups excluding tert-OH is 1. The average Bonchev–Trinajstić information content (AvgIpc) is 2.47. The smallest absolute Gasteiger partial charge is 0.312 e. The largest absolute Gasteiger partial charge is 0.481 e. The standard InChI is InChI=1S/C17H33NO3/c1-5-9-10-11-12-16(19)14-18(7-3,8-4)13-15(6-2)17(20)21/h11-12,15-16,19H,5-10,13-14H2,1-4H3/p+1/b12-11+. The lowest BCUT2D eigenvalue weighted by Crippen LogP contribution is -2.55. The molecular formula is C17H34NO3+. The molecule has 0 fully saturated rings. The Kier molecular flexibility index (Phi) is 10.4. The number of aliphatic hydroxyl groups is 1. The zero-order valence-corrected chi connectivity index (χ0v) is 14.2. The van der Waals surface area contributed by atoms with Crippen molar-refractivity contribution in [3.63, 3.8) is 0 Å². The molecule has 0 heterocycles. The quantitative estimate of drug-likeness (QED) is 0.331. The molecule has 0 aromatic heterocycles. The van der Waals surface area contributed by atoms with Crippen LogP contribution in [0.5, 0.6) is 0 Å². The topological polar surface area (TPSA) is 57.5 Å². The molecule has 0 rings (SSSR count). The Hall–Kier alpha value is -0.870. The lowest BCUT2D eigenvalue weighted by Gasteiger charge is -2.39. The Morgan fingerprint density at radius 3 is 2.19 bits per heavy atom. The maximum absolute atomic E-state index is 11.3. The third-order valence-electron chi connectivity index (χ3n) is 4.45. The van der Waals surface area contributed by atoms with Crippen LogP contribution in [-0.2, 0) is 4.79 Å². The zero-order valence-electron chi connectivity index (χ0n) is 14.2. The number of likely N-dealkylation sites (N-methyl/N-ethyl adjacent to an activating group) is 1. The minimum Gasteiger partial charge on any atom is -0.481 e. The molecule has 0 aliphatic rings. The normalized spacial score (nSPS) is 15.3. The molecule has 0 aromatic rings. The van der Waals surface area contributed by atoms with Crippen LogP contribution >= 0.6 is 0 Å². The first kappa shape index (κ1) is 20.1. The molecule has 0 radical (unpaired) electrons. The number of rotatable bonds is 12. The maximum atomic E-state index is 11.3. The van der Waals surface area contributed by atoms with E-state index in [1.165, 1.54) is 0 Å². The van der Waals surface area contributed by atoms with Crippen molar-refractivity contribution in [1.82, 2.24) is 0 Å². The van der Waals surface area contributed by atoms with E-state index < -0.39 is 12.1 Å². The predicted molar refractivity (Wildman–Crippen MR) is 87.2 cm³/mol. The van der Waals surface area contributed by atoms with Crippen LogP contribution in [0.15, 0.2) is 12.2 Å². The first-order chi connectivity index (χ1) is 9.94. The third kappa shape index (κ3) is 7.63. The molecule has 0 aliphatic heterocycles. The van der Waals surface area contributed by atoms with Gasteiger partial charge in [0.25, 0.3) is 0 Å². The van der Waals surface area contributed by atoms with E-state index in [1.807, 2.05) is 19.1 Å². The van der Waals surface area contributed by atoms with Gasteiger partial charge in [-0.05, 0) is 26.7 Å². The van der Waals surface area contributed by atoms with E-state index in [0.717, 1.165) is 32.4 Å². The molecule has 0 saturated heterocycles. The number of unbranched alkanes of at least 4 members (excludes halogenated alkanes) is 2. The van der Waals surface area contributed by atoms with Crippen molar-refractivity contribution >= 4 is 5.97 Å². The highest BCUT2D eigenvalue weighted by Gasteiger charge is 2.32. The number of hydrogen-bond acceptors (Lipinski definition) is 2. The molecule has 2 N–H and O–H groups in total. The first-order valence-corrected chi connectivity index (χ1v) is 8.37. The molecule has 0 saturated carbocycles. The summed E-state index contributed by atoms with van der Waals surface area (Å²) in [5.74, 6) is -1.06. The molecule has 0 bridgehead atoms. The summed E-state index contributed by atoms with van der Waals surface area (Å²) in [6, 6.07) is 0. The third-order valence-corrected chi connectivity index (χ3v) is 4.45. The molecule has 2 unspecified atom stereocenters. The van der Waals surface area contributed by atoms with Crippen LogP contribution in [0, 0.1) is 5.92 Å². The van der Waals surface area contributed by atoms with Gasteiger partial charge < -0.3 is 14.7 Å². The molecule has 4 nitrogen and oxygen atoms in total. The summed E-state index contributed by atoms with van der Waals surface area (Å²) in [5.41, 5.74) is 0. The lowest BCUT2D eigenvalue weighted by atomic mass is 10.0. The highest BCUT2D eigenvalue weighted by molar-refractivity contribution is 5.69. The van der Waals surface area contributed by atoms with Crippen molar-refractivity contribution in [3.8, 4) is 0 Å². The van der Waals surface area contributed by atoms with Crippen LogP contribution in [0.3, 0.4) is 0 Å². The zero-order chi connectivity index (χ0) is 16.3. The van der Waals surface area contributed by atoms with Crippen molar-refractivity contribution in [2.75, 3.05) is 26.2 Å². The minimum atomic E-state index is -0.727. The number of carbonyl (C=O) groups is 1. The number of hydrogen-bond donors (Lipinski definition) is 2. The Morgan fingerprint density at radius 1 is 1.14 bits per heavy atom. The number of allylic oxidation sites excluding steroid dienone is 1. The molecular weight excluding hydrogens is 266 g/mol. The van der Waals surface area contributed by atoms with E-state index in [2.05, 4.69) is 20.8 Å². The van der Waals surface area contributed by atoms with Gasteiger partial charge in [-0.2, -0.15) is 0 Å². The van der Waals surface area contributed by atoms with Crippen molar-refractivity contribution in [1.29, 1.82) is 0 Å². The summed E-state index contributed by atoms with van der Waals surface area (Å²) < 4.78 is 0.657. The van der Waals surface area contributed by atoms with Crippen LogP contribution in [0.25, 0.3) is 0 Å². The fraction of sp³-hybridized carbons (Fsp3) is 0.824. The Bertz CT molecular complexity index is 311. The number of quaternary nitrogens is 1. The highest BCUT2D eigenvalue weighted by atomic mass is 16.4. The van der Waals surface area contributed by atoms with Gasteiger partial charge in [-0.25, -0.2) is 0 Å². The monoisotopic (exact) mass is 300 g/mol. The van der Waals surface area contributed by atoms with Crippen molar-refractivity contribution in [2.45, 2.75) is 59.5 Å². The van der Waals surface area contributed by atoms with Crippen LogP contribution < -0.4 is 0 Å². The Morgan fingerprint density at radius 2 is 1.76 bits per heavy atom. The summed E-state index contributed by atoms with van der Waals surface area (Å²) in [6.07, 6.45) is 7.35. The molecule has 0 aromatic carbocycles. The lowest BCUT2D eigenvalue weighted by molar-refractivity contribution is -0.929. The number of aliphatic carboxylic acids is 1. The Labute approximate surface area is 130 Å². The minimum absolute atomic E-state index is 0.332. The summed E-state index contributed by atoms with van der Waals surface area (Å²) in [4.78, 5) is 11.3. The van der Waals surface area contributed by atoms with Crippen LogP contribution in [0.2, 0.25) is 0 Å². The van der Waals surface area contributed by atoms with Crippen molar-refractivity contribution < 1.29 is 19.5 Å². The maximum Gasteiger partial charge on any atom is 0.312 e. The van der Waals surface area contributed by atoms with Gasteiger partial charge in [0.2, 0.25) is 0 Å². The van der Waals surface area contributed by atoms with Gasteiger partial charge in [0.1, 0.15) is 18.6 Å². The van der Waals surface area contributed by atoms with Gasteiger partial charge >= 0.3 is 5.97 Å². The van der Waals surface area contributed by atoms with Gasteiger partial charge in [-0.3, -0.25) is 4.79 Å². The van der Waals surface area contributed by atoms with E-state index in [9.17, 15) is 15.0 Å². The van der Waals surface area contributed by atoms with Gasteiger partial charge in [-0.1, -0.05) is 38.8 Å². The molecule has 4 heteroatoms. The van der Waals surface area contributed by atoms with Gasteiger partial charge in [0.15, 0.2) is 0 Å². The van der Waals surface area contributed by atoms with E-state index in [-0.39, 0.29) is 5.92 Å². The molecule has 124 valence electrons. The van der Waals surface area contributed by atoms with Crippen molar-refractivity contribution in [3.05, 3.63) is 12.2 Å². The summed E-state index contributed by atoms with van der Waals surface area (Å²) >= 11 is 0. The predicted octanol–water partition coefficient (Wildman–Crippen LogP) is 3.06. The molecule has 0 spiro atoms. The molecule has 0 amide bonds. The average molecular weight is 300 g/mol. The fourth-order valence-electron chi connectivity index (χ4n) is 2.70. The SMILES string of the molecule is CCCC/C=C/C(O)C[N+](CC)(CC)CC(CC)C(=O)O. The van der Waals surface area contributed by atoms with Gasteiger partial charge in [0.05, 0.1) is 19.6 Å². The van der Waals surface area contributed by atoms with Crippen molar-refractivity contribution in [2.24, 2.45) is 5.92 Å². The van der Waals surface area contributed by atoms with E-state index in [0.29, 0.717) is 24.0 Å². The summed E-state index contributed by atoms with van der Waals surface area (Å²) in [6.45, 7) is 11.1. The van der Waals surface area contributed by atoms with Gasteiger partial charge in [-0.15, -0.1) is 0 Å². The van der Waals surface area contributed by atoms with Crippen LogP contribution in [0.1, 0.15) is 53.4 Å². The van der Waals surface area contributed by atoms with Crippen LogP contribution in [-0.4, -0.2) is 52.9 Å². The van der Waals surface area contributed by atoms with Gasteiger partial charge in [0, 0.05) is 0 Å². The van der Waals surface area contributed by atoms with E-state index in [4.69, 9.17) is 0 Å². The van der Waals surface area contributed by atoms with Crippen LogP contribution in [0.4, 0.5) is 0 Å². The molecule has 2 atom stereocenters. The van der Waals surface area contributed by atoms with E-state index >= 15 is 0 Å². The second-order valence-corrected chi connectivity index (χ2v) is 5.92. The second kappa shape index (κ2) is 10.8. The Balaban J connectivity index is 4.71. The molecule has 0 aliphatic carbocycles. The van der Waals surface area contributed by atoms with E-state index in [1.54, 1.807) is 0 Å².